The van der Waals surface area contributed by atoms with E-state index in [4.69, 9.17) is 0 Å². The first-order valence-corrected chi connectivity index (χ1v) is 8.27. The average Bonchev–Trinajstić information content (AvgIpc) is 3.26. The highest BCUT2D eigenvalue weighted by Crippen LogP contribution is 2.49. The number of rotatable bonds is 5. The van der Waals surface area contributed by atoms with Crippen molar-refractivity contribution < 1.29 is 13.6 Å². The van der Waals surface area contributed by atoms with Crippen LogP contribution in [-0.2, 0) is 11.2 Å². The van der Waals surface area contributed by atoms with Crippen molar-refractivity contribution in [2.24, 2.45) is 5.92 Å². The van der Waals surface area contributed by atoms with Crippen molar-refractivity contribution in [2.75, 3.05) is 6.54 Å². The van der Waals surface area contributed by atoms with Crippen LogP contribution in [0, 0.1) is 17.6 Å². The SMILES string of the molecule is O=C(NCCc1cn2ccccc2n1)[C@@H]1C[C@H]1c1c(F)cccc1F. The fourth-order valence-corrected chi connectivity index (χ4v) is 3.22. The molecule has 3 aromatic rings. The molecule has 2 aromatic heterocycles. The van der Waals surface area contributed by atoms with Crippen molar-refractivity contribution in [3.05, 3.63) is 71.7 Å². The Morgan fingerprint density at radius 1 is 1.20 bits per heavy atom. The zero-order chi connectivity index (χ0) is 17.4. The molecule has 0 saturated heterocycles. The molecule has 1 saturated carbocycles. The fourth-order valence-electron chi connectivity index (χ4n) is 3.22. The van der Waals surface area contributed by atoms with Gasteiger partial charge in [0.1, 0.15) is 17.3 Å². The highest BCUT2D eigenvalue weighted by Gasteiger charge is 2.46. The Kier molecular flexibility index (Phi) is 3.95. The van der Waals surface area contributed by atoms with E-state index >= 15 is 0 Å². The molecular weight excluding hydrogens is 324 g/mol. The summed E-state index contributed by atoms with van der Waals surface area (Å²) in [5.74, 6) is -2.03. The number of carbonyl (C=O) groups is 1. The molecular formula is C19H17F2N3O. The summed E-state index contributed by atoms with van der Waals surface area (Å²) in [6.07, 6.45) is 4.94. The summed E-state index contributed by atoms with van der Waals surface area (Å²) < 4.78 is 29.5. The summed E-state index contributed by atoms with van der Waals surface area (Å²) in [5.41, 5.74) is 1.78. The summed E-state index contributed by atoms with van der Waals surface area (Å²) in [4.78, 5) is 16.7. The van der Waals surface area contributed by atoms with Crippen LogP contribution < -0.4 is 5.32 Å². The number of aromatic nitrogens is 2. The Morgan fingerprint density at radius 3 is 2.76 bits per heavy atom. The molecule has 2 heterocycles. The minimum Gasteiger partial charge on any atom is -0.355 e. The van der Waals surface area contributed by atoms with Crippen LogP contribution in [0.2, 0.25) is 0 Å². The smallest absolute Gasteiger partial charge is 0.223 e. The zero-order valence-corrected chi connectivity index (χ0v) is 13.5. The quantitative estimate of drug-likeness (QED) is 0.775. The van der Waals surface area contributed by atoms with E-state index in [9.17, 15) is 13.6 Å². The largest absolute Gasteiger partial charge is 0.355 e. The molecule has 6 heteroatoms. The third kappa shape index (κ3) is 3.12. The van der Waals surface area contributed by atoms with E-state index in [2.05, 4.69) is 10.3 Å². The monoisotopic (exact) mass is 341 g/mol. The first-order valence-electron chi connectivity index (χ1n) is 8.27. The molecule has 0 unspecified atom stereocenters. The van der Waals surface area contributed by atoms with Gasteiger partial charge in [-0.2, -0.15) is 0 Å². The van der Waals surface area contributed by atoms with Crippen LogP contribution in [0.5, 0.6) is 0 Å². The molecule has 128 valence electrons. The number of nitrogens with one attached hydrogen (secondary N) is 1. The molecule has 4 rings (SSSR count). The molecule has 1 fully saturated rings. The summed E-state index contributed by atoms with van der Waals surface area (Å²) in [5, 5.41) is 2.84. The molecule has 2 atom stereocenters. The first-order chi connectivity index (χ1) is 12.1. The maximum atomic E-state index is 13.8. The minimum atomic E-state index is -0.579. The van der Waals surface area contributed by atoms with E-state index in [0.717, 1.165) is 11.3 Å². The summed E-state index contributed by atoms with van der Waals surface area (Å²) in [6.45, 7) is 0.450. The lowest BCUT2D eigenvalue weighted by atomic mass is 10.1. The average molecular weight is 341 g/mol. The first kappa shape index (κ1) is 15.7. The van der Waals surface area contributed by atoms with E-state index in [1.54, 1.807) is 0 Å². The number of fused-ring (bicyclic) bond motifs is 1. The van der Waals surface area contributed by atoms with Gasteiger partial charge in [0.2, 0.25) is 5.91 Å². The van der Waals surface area contributed by atoms with E-state index in [-0.39, 0.29) is 23.3 Å². The number of hydrogen-bond donors (Lipinski definition) is 1. The molecule has 1 aliphatic carbocycles. The molecule has 1 aromatic carbocycles. The highest BCUT2D eigenvalue weighted by molar-refractivity contribution is 5.82. The molecule has 25 heavy (non-hydrogen) atoms. The Balaban J connectivity index is 1.33. The van der Waals surface area contributed by atoms with Gasteiger partial charge in [-0.15, -0.1) is 0 Å². The molecule has 0 spiro atoms. The number of pyridine rings is 1. The Bertz CT molecular complexity index is 884. The van der Waals surface area contributed by atoms with E-state index in [1.165, 1.54) is 18.2 Å². The number of carbonyl (C=O) groups excluding carboxylic acids is 1. The van der Waals surface area contributed by atoms with E-state index < -0.39 is 11.6 Å². The van der Waals surface area contributed by atoms with Crippen molar-refractivity contribution in [3.8, 4) is 0 Å². The van der Waals surface area contributed by atoms with Crippen molar-refractivity contribution in [2.45, 2.75) is 18.8 Å². The van der Waals surface area contributed by atoms with Gasteiger partial charge in [0, 0.05) is 42.8 Å². The number of hydrogen-bond acceptors (Lipinski definition) is 2. The fraction of sp³-hybridized carbons (Fsp3) is 0.263. The van der Waals surface area contributed by atoms with Crippen molar-refractivity contribution in [1.82, 2.24) is 14.7 Å². The second-order valence-corrected chi connectivity index (χ2v) is 6.32. The van der Waals surface area contributed by atoms with Gasteiger partial charge in [-0.3, -0.25) is 4.79 Å². The molecule has 1 amide bonds. The third-order valence-electron chi connectivity index (χ3n) is 4.59. The summed E-state index contributed by atoms with van der Waals surface area (Å²) in [7, 11) is 0. The molecule has 0 aliphatic heterocycles. The summed E-state index contributed by atoms with van der Waals surface area (Å²) >= 11 is 0. The van der Waals surface area contributed by atoms with Gasteiger partial charge in [-0.25, -0.2) is 13.8 Å². The van der Waals surface area contributed by atoms with Gasteiger partial charge >= 0.3 is 0 Å². The molecule has 1 N–H and O–H groups in total. The van der Waals surface area contributed by atoms with Crippen LogP contribution in [-0.4, -0.2) is 21.8 Å². The molecule has 1 aliphatic rings. The van der Waals surface area contributed by atoms with Crippen LogP contribution in [0.4, 0.5) is 8.78 Å². The molecule has 4 nitrogen and oxygen atoms in total. The van der Waals surface area contributed by atoms with Gasteiger partial charge in [0.25, 0.3) is 0 Å². The predicted molar refractivity (Wildman–Crippen MR) is 89.1 cm³/mol. The van der Waals surface area contributed by atoms with E-state index in [0.29, 0.717) is 19.4 Å². The van der Waals surface area contributed by atoms with Gasteiger partial charge in [-0.1, -0.05) is 12.1 Å². The van der Waals surface area contributed by atoms with Gasteiger partial charge in [0.15, 0.2) is 0 Å². The zero-order valence-electron chi connectivity index (χ0n) is 13.5. The normalized spacial score (nSPS) is 19.1. The lowest BCUT2D eigenvalue weighted by molar-refractivity contribution is -0.122. The standard InChI is InChI=1S/C19H17F2N3O/c20-15-4-3-5-16(21)18(15)13-10-14(13)19(25)22-8-7-12-11-24-9-2-1-6-17(24)23-12/h1-6,9,11,13-14H,7-8,10H2,(H,22,25)/t13-,14-/m1/s1. The lowest BCUT2D eigenvalue weighted by Gasteiger charge is -2.05. The Hall–Kier alpha value is -2.76. The van der Waals surface area contributed by atoms with Crippen LogP contribution >= 0.6 is 0 Å². The number of nitrogens with zero attached hydrogens (tertiary/aromatic N) is 2. The van der Waals surface area contributed by atoms with Crippen molar-refractivity contribution >= 4 is 11.6 Å². The van der Waals surface area contributed by atoms with Gasteiger partial charge < -0.3 is 9.72 Å². The maximum absolute atomic E-state index is 13.8. The van der Waals surface area contributed by atoms with Crippen LogP contribution in [0.15, 0.2) is 48.8 Å². The lowest BCUT2D eigenvalue weighted by Crippen LogP contribution is -2.27. The second kappa shape index (κ2) is 6.27. The second-order valence-electron chi connectivity index (χ2n) is 6.32. The van der Waals surface area contributed by atoms with Crippen LogP contribution in [0.1, 0.15) is 23.6 Å². The maximum Gasteiger partial charge on any atom is 0.223 e. The van der Waals surface area contributed by atoms with Crippen LogP contribution in [0.3, 0.4) is 0 Å². The number of imidazole rings is 1. The Morgan fingerprint density at radius 2 is 2.00 bits per heavy atom. The van der Waals surface area contributed by atoms with Crippen molar-refractivity contribution in [1.29, 1.82) is 0 Å². The topological polar surface area (TPSA) is 46.4 Å². The molecule has 0 radical (unpaired) electrons. The van der Waals surface area contributed by atoms with Gasteiger partial charge in [0.05, 0.1) is 5.69 Å². The van der Waals surface area contributed by atoms with Crippen LogP contribution in [0.25, 0.3) is 5.65 Å². The highest BCUT2D eigenvalue weighted by atomic mass is 19.1. The Labute approximate surface area is 143 Å². The predicted octanol–water partition coefficient (Wildman–Crippen LogP) is 3.07. The number of benzene rings is 1. The number of amides is 1. The third-order valence-corrected chi connectivity index (χ3v) is 4.59. The summed E-state index contributed by atoms with van der Waals surface area (Å²) in [6, 6.07) is 9.56. The molecule has 0 bridgehead atoms. The van der Waals surface area contributed by atoms with Crippen molar-refractivity contribution in [3.63, 3.8) is 0 Å². The van der Waals surface area contributed by atoms with Gasteiger partial charge in [-0.05, 0) is 30.7 Å². The van der Waals surface area contributed by atoms with E-state index in [1.807, 2.05) is 35.0 Å². The minimum absolute atomic E-state index is 0.0306. The number of halogens is 2.